The van der Waals surface area contributed by atoms with E-state index in [1.807, 2.05) is 22.7 Å². The Morgan fingerprint density at radius 1 is 0.344 bits per heavy atom. The lowest BCUT2D eigenvalue weighted by Crippen LogP contribution is -2.12. The van der Waals surface area contributed by atoms with Gasteiger partial charge in [-0.1, -0.05) is 176 Å². The maximum absolute atomic E-state index is 7.06. The first-order chi connectivity index (χ1) is 31.7. The van der Waals surface area contributed by atoms with Gasteiger partial charge in [-0.3, -0.25) is 0 Å². The first kappa shape index (κ1) is 36.9. The summed E-state index contributed by atoms with van der Waals surface area (Å²) in [5.74, 6) is 0. The van der Waals surface area contributed by atoms with E-state index in [0.717, 1.165) is 61.3 Å². The quantitative estimate of drug-likeness (QED) is 0.159. The molecule has 0 saturated heterocycles. The Kier molecular flexibility index (Phi) is 8.61. The van der Waals surface area contributed by atoms with Gasteiger partial charge in [0.2, 0.25) is 0 Å². The van der Waals surface area contributed by atoms with Gasteiger partial charge in [0.1, 0.15) is 11.2 Å². The molecule has 64 heavy (non-hydrogen) atoms. The maximum Gasteiger partial charge on any atom is 0.143 e. The molecule has 0 radical (unpaired) electrons. The van der Waals surface area contributed by atoms with Crippen LogP contribution in [0.1, 0.15) is 0 Å². The van der Waals surface area contributed by atoms with E-state index in [9.17, 15) is 0 Å². The number of anilines is 3. The zero-order valence-corrected chi connectivity index (χ0v) is 36.2. The average Bonchev–Trinajstić information content (AvgIpc) is 4.07. The fraction of sp³-hybridized carbons (Fsp3) is 0. The van der Waals surface area contributed by atoms with Crippen LogP contribution in [0.4, 0.5) is 17.1 Å². The van der Waals surface area contributed by atoms with Crippen molar-refractivity contribution in [1.82, 2.24) is 0 Å². The molecule has 13 rings (SSSR count). The van der Waals surface area contributed by atoms with E-state index in [1.165, 1.54) is 62.6 Å². The van der Waals surface area contributed by atoms with E-state index >= 15 is 0 Å². The molecule has 0 aliphatic rings. The van der Waals surface area contributed by atoms with Crippen molar-refractivity contribution in [1.29, 1.82) is 0 Å². The Morgan fingerprint density at radius 2 is 0.969 bits per heavy atom. The highest BCUT2D eigenvalue weighted by Crippen LogP contribution is 2.54. The molecule has 0 unspecified atom stereocenters. The zero-order valence-electron chi connectivity index (χ0n) is 34.5. The number of rotatable bonds is 7. The fourth-order valence-electron chi connectivity index (χ4n) is 9.74. The minimum Gasteiger partial charge on any atom is -0.455 e. The van der Waals surface area contributed by atoms with E-state index < -0.39 is 0 Å². The van der Waals surface area contributed by atoms with Gasteiger partial charge in [-0.2, -0.15) is 0 Å². The second-order valence-electron chi connectivity index (χ2n) is 16.3. The lowest BCUT2D eigenvalue weighted by Gasteiger charge is -2.30. The molecule has 0 aliphatic heterocycles. The van der Waals surface area contributed by atoms with Crippen LogP contribution in [-0.2, 0) is 0 Å². The van der Waals surface area contributed by atoms with Crippen molar-refractivity contribution in [2.24, 2.45) is 0 Å². The van der Waals surface area contributed by atoms with E-state index in [2.05, 4.69) is 229 Å². The standard InChI is InChI=1S/C60H37NOS2/c1-5-16-38(17-6-1)42-28-30-48-55(36-42)64-60-46(41-22-11-4-12-23-41)31-33-51(56(48)60)61(43-29-35-54-50(37-43)47-24-13-14-27-53(47)63-54)58-44(39-18-7-2-8-19-39)32-34-52-57(58)49-26-15-25-45(59(49)62-52)40-20-9-3-10-21-40/h1-37H. The predicted molar refractivity (Wildman–Crippen MR) is 276 cm³/mol. The molecular formula is C60H37NOS2. The SMILES string of the molecule is c1ccc(-c2ccc3c(c2)sc2c(-c4ccccc4)ccc(N(c4ccc5sc6ccccc6c5c4)c4c(-c5ccccc5)ccc5oc6c(-c7ccccc7)cccc6c45)c23)cc1. The monoisotopic (exact) mass is 851 g/mol. The van der Waals surface area contributed by atoms with Crippen LogP contribution in [0.15, 0.2) is 229 Å². The summed E-state index contributed by atoms with van der Waals surface area (Å²) in [6.45, 7) is 0. The first-order valence-electron chi connectivity index (χ1n) is 21.7. The zero-order chi connectivity index (χ0) is 42.1. The second-order valence-corrected chi connectivity index (χ2v) is 18.5. The van der Waals surface area contributed by atoms with Crippen LogP contribution in [0.2, 0.25) is 0 Å². The number of fused-ring (bicyclic) bond motifs is 9. The lowest BCUT2D eigenvalue weighted by atomic mass is 9.95. The number of nitrogens with zero attached hydrogens (tertiary/aromatic N) is 1. The molecule has 3 heterocycles. The van der Waals surface area contributed by atoms with E-state index in [0.29, 0.717) is 0 Å². The van der Waals surface area contributed by atoms with Crippen molar-refractivity contribution in [2.75, 3.05) is 4.90 Å². The van der Waals surface area contributed by atoms with Crippen LogP contribution in [-0.4, -0.2) is 0 Å². The predicted octanol–water partition coefficient (Wildman–Crippen LogP) is 18.5. The fourth-order valence-corrected chi connectivity index (χ4v) is 12.1. The molecule has 4 heteroatoms. The lowest BCUT2D eigenvalue weighted by molar-refractivity contribution is 0.670. The Balaban J connectivity index is 1.19. The van der Waals surface area contributed by atoms with Gasteiger partial charge in [-0.25, -0.2) is 0 Å². The van der Waals surface area contributed by atoms with Crippen LogP contribution < -0.4 is 4.90 Å². The summed E-state index contributed by atoms with van der Waals surface area (Å²) in [4.78, 5) is 2.55. The average molecular weight is 852 g/mol. The summed E-state index contributed by atoms with van der Waals surface area (Å²) in [6.07, 6.45) is 0. The van der Waals surface area contributed by atoms with E-state index in [-0.39, 0.29) is 0 Å². The summed E-state index contributed by atoms with van der Waals surface area (Å²) in [7, 11) is 0. The van der Waals surface area contributed by atoms with E-state index in [4.69, 9.17) is 4.42 Å². The number of thiophene rings is 2. The molecule has 13 aromatic rings. The normalized spacial score (nSPS) is 11.8. The molecule has 3 aromatic heterocycles. The van der Waals surface area contributed by atoms with Crippen molar-refractivity contribution in [3.05, 3.63) is 224 Å². The van der Waals surface area contributed by atoms with Crippen molar-refractivity contribution in [2.45, 2.75) is 0 Å². The van der Waals surface area contributed by atoms with Crippen molar-refractivity contribution in [3.63, 3.8) is 0 Å². The Hall–Kier alpha value is -7.76. The smallest absolute Gasteiger partial charge is 0.143 e. The van der Waals surface area contributed by atoms with Gasteiger partial charge < -0.3 is 9.32 Å². The van der Waals surface area contributed by atoms with Gasteiger partial charge in [0, 0.05) is 62.5 Å². The molecule has 2 nitrogen and oxygen atoms in total. The summed E-state index contributed by atoms with van der Waals surface area (Å²) in [5.41, 5.74) is 14.3. The van der Waals surface area contributed by atoms with E-state index in [1.54, 1.807) is 0 Å². The molecule has 0 fully saturated rings. The van der Waals surface area contributed by atoms with Gasteiger partial charge in [0.25, 0.3) is 0 Å². The summed E-state index contributed by atoms with van der Waals surface area (Å²) >= 11 is 3.74. The highest BCUT2D eigenvalue weighted by molar-refractivity contribution is 7.26. The summed E-state index contributed by atoms with van der Waals surface area (Å²) < 4.78 is 12.1. The molecule has 0 N–H and O–H groups in total. The maximum atomic E-state index is 7.06. The van der Waals surface area contributed by atoms with Crippen molar-refractivity contribution in [3.8, 4) is 44.5 Å². The molecule has 300 valence electrons. The van der Waals surface area contributed by atoms with Crippen molar-refractivity contribution >= 4 is 102 Å². The third-order valence-electron chi connectivity index (χ3n) is 12.7. The van der Waals surface area contributed by atoms with Gasteiger partial charge in [-0.05, 0) is 81.9 Å². The van der Waals surface area contributed by atoms with Crippen molar-refractivity contribution < 1.29 is 4.42 Å². The molecule has 0 aliphatic carbocycles. The molecule has 0 amide bonds. The number of furan rings is 1. The minimum absolute atomic E-state index is 0.847. The largest absolute Gasteiger partial charge is 0.455 e. The second kappa shape index (κ2) is 15.0. The molecule has 0 saturated carbocycles. The topological polar surface area (TPSA) is 16.4 Å². The molecule has 0 atom stereocenters. The Bertz CT molecular complexity index is 3890. The van der Waals surface area contributed by atoms with Gasteiger partial charge >= 0.3 is 0 Å². The summed E-state index contributed by atoms with van der Waals surface area (Å²) in [5, 5.41) is 7.14. The van der Waals surface area contributed by atoms with Crippen LogP contribution in [0, 0.1) is 0 Å². The van der Waals surface area contributed by atoms with Crippen LogP contribution >= 0.6 is 22.7 Å². The number of benzene rings is 10. The summed E-state index contributed by atoms with van der Waals surface area (Å²) in [6, 6.07) is 81.6. The highest BCUT2D eigenvalue weighted by Gasteiger charge is 2.28. The molecular weight excluding hydrogens is 815 g/mol. The minimum atomic E-state index is 0.847. The first-order valence-corrected chi connectivity index (χ1v) is 23.3. The third kappa shape index (κ3) is 5.91. The van der Waals surface area contributed by atoms with Crippen LogP contribution in [0.25, 0.3) is 107 Å². The molecule has 10 aromatic carbocycles. The Labute approximate surface area is 378 Å². The number of hydrogen-bond donors (Lipinski definition) is 0. The molecule has 0 bridgehead atoms. The molecule has 0 spiro atoms. The highest BCUT2D eigenvalue weighted by atomic mass is 32.1. The van der Waals surface area contributed by atoms with Gasteiger partial charge in [0.05, 0.1) is 16.8 Å². The third-order valence-corrected chi connectivity index (χ3v) is 15.0. The van der Waals surface area contributed by atoms with Crippen LogP contribution in [0.3, 0.4) is 0 Å². The van der Waals surface area contributed by atoms with Crippen LogP contribution in [0.5, 0.6) is 0 Å². The van der Waals surface area contributed by atoms with Gasteiger partial charge in [0.15, 0.2) is 0 Å². The van der Waals surface area contributed by atoms with Gasteiger partial charge in [-0.15, -0.1) is 22.7 Å². The Morgan fingerprint density at radius 3 is 1.72 bits per heavy atom. The number of hydrogen-bond acceptors (Lipinski definition) is 4. The number of para-hydroxylation sites is 1.